The largest absolute Gasteiger partial charge is 0.353 e. The molecule has 1 amide bonds. The molecule has 0 spiro atoms. The summed E-state index contributed by atoms with van der Waals surface area (Å²) in [5.41, 5.74) is 2.19. The lowest BCUT2D eigenvalue weighted by atomic mass is 10.00. The maximum atomic E-state index is 12.5. The highest BCUT2D eigenvalue weighted by atomic mass is 16.2. The zero-order valence-electron chi connectivity index (χ0n) is 12.9. The van der Waals surface area contributed by atoms with Gasteiger partial charge in [0.2, 0.25) is 5.91 Å². The van der Waals surface area contributed by atoms with Crippen LogP contribution < -0.4 is 5.32 Å². The van der Waals surface area contributed by atoms with Gasteiger partial charge in [-0.3, -0.25) is 9.69 Å². The number of hydrogen-bond donors (Lipinski definition) is 1. The predicted octanol–water partition coefficient (Wildman–Crippen LogP) is 2.22. The molecular weight excluding hydrogens is 262 g/mol. The van der Waals surface area contributed by atoms with Crippen LogP contribution in [0, 0.1) is 6.92 Å². The third-order valence-corrected chi connectivity index (χ3v) is 3.58. The summed E-state index contributed by atoms with van der Waals surface area (Å²) in [5.74, 6) is 0.0430. The molecule has 4 heteroatoms. The molecule has 1 N–H and O–H groups in total. The number of likely N-dealkylation sites (N-methyl/N-ethyl adjacent to an activating group) is 1. The Morgan fingerprint density at radius 1 is 1.19 bits per heavy atom. The van der Waals surface area contributed by atoms with Gasteiger partial charge in [-0.2, -0.15) is 0 Å². The summed E-state index contributed by atoms with van der Waals surface area (Å²) in [4.78, 5) is 14.5. The molecule has 0 aliphatic rings. The molecule has 0 fully saturated rings. The van der Waals surface area contributed by atoms with E-state index in [1.54, 1.807) is 0 Å². The van der Waals surface area contributed by atoms with Crippen molar-refractivity contribution in [3.63, 3.8) is 0 Å². The Morgan fingerprint density at radius 2 is 1.86 bits per heavy atom. The number of benzene rings is 1. The fourth-order valence-corrected chi connectivity index (χ4v) is 2.47. The van der Waals surface area contributed by atoms with Gasteiger partial charge in [0.05, 0.1) is 0 Å². The van der Waals surface area contributed by atoms with Crippen LogP contribution in [0.3, 0.4) is 0 Å². The van der Waals surface area contributed by atoms with E-state index >= 15 is 0 Å². The van der Waals surface area contributed by atoms with Gasteiger partial charge in [0.25, 0.3) is 0 Å². The Bertz CT molecular complexity index is 575. The van der Waals surface area contributed by atoms with E-state index in [0.717, 1.165) is 17.7 Å². The highest BCUT2D eigenvalue weighted by Gasteiger charge is 2.23. The fraction of sp³-hybridized carbons (Fsp3) is 0.353. The summed E-state index contributed by atoms with van der Waals surface area (Å²) in [6, 6.07) is 11.7. The van der Waals surface area contributed by atoms with Gasteiger partial charge in [0.15, 0.2) is 0 Å². The van der Waals surface area contributed by atoms with Crippen LogP contribution in [0.25, 0.3) is 0 Å². The zero-order chi connectivity index (χ0) is 15.2. The van der Waals surface area contributed by atoms with Crippen LogP contribution in [0.1, 0.15) is 17.2 Å². The smallest absolute Gasteiger partial charge is 0.242 e. The summed E-state index contributed by atoms with van der Waals surface area (Å²) in [6.07, 6.45) is 3.99. The van der Waals surface area contributed by atoms with Crippen LogP contribution in [0.2, 0.25) is 0 Å². The molecule has 0 aliphatic heterocycles. The Labute approximate surface area is 126 Å². The molecule has 2 aromatic rings. The molecule has 0 saturated carbocycles. The van der Waals surface area contributed by atoms with Crippen LogP contribution in [0.5, 0.6) is 0 Å². The molecule has 112 valence electrons. The molecule has 1 aromatic heterocycles. The first-order valence-corrected chi connectivity index (χ1v) is 7.20. The van der Waals surface area contributed by atoms with Crippen LogP contribution in [0.15, 0.2) is 48.8 Å². The van der Waals surface area contributed by atoms with Gasteiger partial charge in [-0.25, -0.2) is 0 Å². The van der Waals surface area contributed by atoms with Crippen LogP contribution in [0.4, 0.5) is 0 Å². The van der Waals surface area contributed by atoms with Crippen molar-refractivity contribution < 1.29 is 4.79 Å². The summed E-state index contributed by atoms with van der Waals surface area (Å²) in [7, 11) is 3.87. The highest BCUT2D eigenvalue weighted by Crippen LogP contribution is 2.21. The second-order valence-electron chi connectivity index (χ2n) is 5.43. The molecular formula is C17H23N3O. The Balaban J connectivity index is 2.01. The summed E-state index contributed by atoms with van der Waals surface area (Å²) in [6.45, 7) is 3.45. The summed E-state index contributed by atoms with van der Waals surface area (Å²) < 4.78 is 2.05. The van der Waals surface area contributed by atoms with Gasteiger partial charge in [-0.05, 0) is 44.3 Å². The minimum atomic E-state index is -0.254. The van der Waals surface area contributed by atoms with Gasteiger partial charge < -0.3 is 9.88 Å². The third kappa shape index (κ3) is 3.95. The normalized spacial score (nSPS) is 12.4. The van der Waals surface area contributed by atoms with Crippen LogP contribution in [-0.4, -0.2) is 36.0 Å². The second-order valence-corrected chi connectivity index (χ2v) is 5.43. The van der Waals surface area contributed by atoms with E-state index in [0.29, 0.717) is 6.54 Å². The van der Waals surface area contributed by atoms with Crippen molar-refractivity contribution in [2.75, 3.05) is 20.6 Å². The SMILES string of the molecule is Cc1ccccc1[C@@H](C(=O)NCCn1cccc1)N(C)C. The Kier molecular flexibility index (Phi) is 5.17. The molecule has 0 unspecified atom stereocenters. The van der Waals surface area contributed by atoms with E-state index in [2.05, 4.69) is 9.88 Å². The molecule has 21 heavy (non-hydrogen) atoms. The first-order valence-electron chi connectivity index (χ1n) is 7.20. The molecule has 0 bridgehead atoms. The van der Waals surface area contributed by atoms with Gasteiger partial charge >= 0.3 is 0 Å². The number of carbonyl (C=O) groups is 1. The van der Waals surface area contributed by atoms with Crippen molar-refractivity contribution in [2.45, 2.75) is 19.5 Å². The molecule has 0 radical (unpaired) electrons. The van der Waals surface area contributed by atoms with E-state index in [1.807, 2.05) is 74.7 Å². The number of carbonyl (C=O) groups excluding carboxylic acids is 1. The first kappa shape index (κ1) is 15.3. The van der Waals surface area contributed by atoms with Crippen molar-refractivity contribution >= 4 is 5.91 Å². The van der Waals surface area contributed by atoms with E-state index < -0.39 is 0 Å². The summed E-state index contributed by atoms with van der Waals surface area (Å²) in [5, 5.41) is 3.03. The van der Waals surface area contributed by atoms with Gasteiger partial charge in [-0.1, -0.05) is 24.3 Å². The highest BCUT2D eigenvalue weighted by molar-refractivity contribution is 5.83. The van der Waals surface area contributed by atoms with E-state index in [9.17, 15) is 4.79 Å². The number of nitrogens with zero attached hydrogens (tertiary/aromatic N) is 2. The van der Waals surface area contributed by atoms with Crippen molar-refractivity contribution in [1.29, 1.82) is 0 Å². The molecule has 1 heterocycles. The van der Waals surface area contributed by atoms with E-state index in [1.165, 1.54) is 0 Å². The minimum Gasteiger partial charge on any atom is -0.353 e. The third-order valence-electron chi connectivity index (χ3n) is 3.58. The number of aryl methyl sites for hydroxylation is 1. The van der Waals surface area contributed by atoms with Gasteiger partial charge in [0, 0.05) is 25.5 Å². The summed E-state index contributed by atoms with van der Waals surface area (Å²) >= 11 is 0. The van der Waals surface area contributed by atoms with Crippen molar-refractivity contribution in [1.82, 2.24) is 14.8 Å². The average molecular weight is 285 g/mol. The topological polar surface area (TPSA) is 37.3 Å². The predicted molar refractivity (Wildman–Crippen MR) is 85.0 cm³/mol. The monoisotopic (exact) mass is 285 g/mol. The molecule has 4 nitrogen and oxygen atoms in total. The molecule has 1 atom stereocenters. The number of aromatic nitrogens is 1. The van der Waals surface area contributed by atoms with Crippen molar-refractivity contribution in [2.24, 2.45) is 0 Å². The lowest BCUT2D eigenvalue weighted by Gasteiger charge is -2.25. The fourth-order valence-electron chi connectivity index (χ4n) is 2.47. The standard InChI is InChI=1S/C17H23N3O/c1-14-8-4-5-9-15(14)16(19(2)3)17(21)18-10-13-20-11-6-7-12-20/h4-9,11-12,16H,10,13H2,1-3H3,(H,18,21)/t16-/m0/s1. The van der Waals surface area contributed by atoms with Crippen LogP contribution in [-0.2, 0) is 11.3 Å². The van der Waals surface area contributed by atoms with E-state index in [4.69, 9.17) is 0 Å². The molecule has 0 saturated heterocycles. The van der Waals surface area contributed by atoms with Crippen molar-refractivity contribution in [3.8, 4) is 0 Å². The quantitative estimate of drug-likeness (QED) is 0.883. The number of rotatable bonds is 6. The molecule has 1 aromatic carbocycles. The number of amides is 1. The lowest BCUT2D eigenvalue weighted by Crippen LogP contribution is -2.38. The maximum absolute atomic E-state index is 12.5. The first-order chi connectivity index (χ1) is 10.1. The van der Waals surface area contributed by atoms with Crippen LogP contribution >= 0.6 is 0 Å². The Hall–Kier alpha value is -2.07. The van der Waals surface area contributed by atoms with Gasteiger partial charge in [-0.15, -0.1) is 0 Å². The van der Waals surface area contributed by atoms with E-state index in [-0.39, 0.29) is 11.9 Å². The zero-order valence-corrected chi connectivity index (χ0v) is 12.9. The van der Waals surface area contributed by atoms with Gasteiger partial charge in [0.1, 0.15) is 6.04 Å². The molecule has 0 aliphatic carbocycles. The average Bonchev–Trinajstić information content (AvgIpc) is 2.94. The molecule has 2 rings (SSSR count). The Morgan fingerprint density at radius 3 is 2.48 bits per heavy atom. The lowest BCUT2D eigenvalue weighted by molar-refractivity contribution is -0.125. The number of hydrogen-bond acceptors (Lipinski definition) is 2. The minimum absolute atomic E-state index is 0.0430. The maximum Gasteiger partial charge on any atom is 0.242 e. The second kappa shape index (κ2) is 7.09. The number of nitrogens with one attached hydrogen (secondary N) is 1. The van der Waals surface area contributed by atoms with Crippen molar-refractivity contribution in [3.05, 3.63) is 59.9 Å².